The van der Waals surface area contributed by atoms with Crippen LogP contribution in [0, 0.1) is 0 Å². The minimum Gasteiger partial charge on any atom is -0.147 e. The van der Waals surface area contributed by atoms with E-state index in [0.717, 1.165) is 12.8 Å². The Labute approximate surface area is 181 Å². The first kappa shape index (κ1) is 21.9. The number of hydrogen-bond donors (Lipinski definition) is 0. The summed E-state index contributed by atoms with van der Waals surface area (Å²) in [5.74, 6) is 0. The van der Waals surface area contributed by atoms with Crippen molar-refractivity contribution in [2.24, 2.45) is 0 Å². The van der Waals surface area contributed by atoms with Gasteiger partial charge < -0.3 is 0 Å². The summed E-state index contributed by atoms with van der Waals surface area (Å²) in [5, 5.41) is 0. The largest absolute Gasteiger partial charge is 0.147 e. The second-order valence-corrected chi connectivity index (χ2v) is 19.9. The fraction of sp³-hybridized carbons (Fsp3) is 0.273. The molecular weight excluding hydrogens is 454 g/mol. The van der Waals surface area contributed by atoms with E-state index in [4.69, 9.17) is 0 Å². The number of fused-ring (bicyclic) bond motifs is 3. The van der Waals surface area contributed by atoms with E-state index in [-0.39, 0.29) is 30.2 Å². The van der Waals surface area contributed by atoms with Crippen molar-refractivity contribution in [3.63, 3.8) is 0 Å². The van der Waals surface area contributed by atoms with Crippen LogP contribution in [0.4, 0.5) is 0 Å². The second kappa shape index (κ2) is 8.74. The van der Waals surface area contributed by atoms with E-state index in [1.165, 1.54) is 27.8 Å². The van der Waals surface area contributed by atoms with Crippen LogP contribution in [-0.2, 0) is 28.3 Å². The number of hydrogen-bond acceptors (Lipinski definition) is 0. The molecular formula is C22H25Cl2SiZr. The molecule has 4 rings (SSSR count). The molecule has 0 unspecified atom stereocenters. The molecule has 2 aliphatic rings. The molecule has 0 saturated carbocycles. The smallest absolute Gasteiger partial charge is 0.147 e. The fourth-order valence-corrected chi connectivity index (χ4v) is 11.7. The Morgan fingerprint density at radius 3 is 2.23 bits per heavy atom. The third kappa shape index (κ3) is 3.76. The van der Waals surface area contributed by atoms with Crippen LogP contribution in [0.15, 0.2) is 53.6 Å². The fourth-order valence-electron chi connectivity index (χ4n) is 3.97. The van der Waals surface area contributed by atoms with Crippen LogP contribution < -0.4 is 3.27 Å². The third-order valence-electron chi connectivity index (χ3n) is 5.34. The quantitative estimate of drug-likeness (QED) is 0.385. The van der Waals surface area contributed by atoms with Crippen molar-refractivity contribution >= 4 is 39.1 Å². The van der Waals surface area contributed by atoms with Crippen molar-refractivity contribution in [1.82, 2.24) is 0 Å². The van der Waals surface area contributed by atoms with Gasteiger partial charge in [0.25, 0.3) is 0 Å². The van der Waals surface area contributed by atoms with Gasteiger partial charge in [-0.3, -0.25) is 0 Å². The van der Waals surface area contributed by atoms with Crippen molar-refractivity contribution in [1.29, 1.82) is 0 Å². The van der Waals surface area contributed by atoms with Gasteiger partial charge in [0.1, 0.15) is 0 Å². The van der Waals surface area contributed by atoms with Crippen molar-refractivity contribution in [3.05, 3.63) is 70.3 Å². The molecule has 0 amide bonds. The van der Waals surface area contributed by atoms with E-state index >= 15 is 0 Å². The molecule has 2 aromatic rings. The third-order valence-corrected chi connectivity index (χ3v) is 13.0. The first-order valence-electron chi connectivity index (χ1n) is 8.75. The standard InChI is InChI=1S/C20H17.C2H6Si.2ClH.Zr/c1-13-7-9-18(14(13)2)16-8-10-20-17(12-16)11-15-5-3-4-6-19(15)20;1-3-2;;;/h3-8,10H,9,11H2,1-2H3;1-2H3;2*1H;. The van der Waals surface area contributed by atoms with Crippen LogP contribution in [0.2, 0.25) is 13.1 Å². The Kier molecular flexibility index (Phi) is 7.36. The molecule has 0 fully saturated rings. The molecule has 0 bridgehead atoms. The zero-order valence-corrected chi connectivity index (χ0v) is 20.9. The molecule has 0 heterocycles. The number of rotatable bonds is 2. The maximum absolute atomic E-state index is 2.52. The molecule has 4 heteroatoms. The van der Waals surface area contributed by atoms with Crippen LogP contribution in [0.3, 0.4) is 0 Å². The van der Waals surface area contributed by atoms with Crippen molar-refractivity contribution in [2.45, 2.75) is 39.8 Å². The topological polar surface area (TPSA) is 0 Å². The van der Waals surface area contributed by atoms with Crippen LogP contribution in [0.25, 0.3) is 16.7 Å². The van der Waals surface area contributed by atoms with Gasteiger partial charge in [-0.25, -0.2) is 0 Å². The summed E-state index contributed by atoms with van der Waals surface area (Å²) in [6.45, 7) is 9.61. The average Bonchev–Trinajstić information content (AvgIpc) is 3.09. The van der Waals surface area contributed by atoms with E-state index in [9.17, 15) is 0 Å². The summed E-state index contributed by atoms with van der Waals surface area (Å²) in [7, 11) is 0. The molecule has 2 aromatic carbocycles. The summed E-state index contributed by atoms with van der Waals surface area (Å²) < 4.78 is 1.81. The summed E-state index contributed by atoms with van der Waals surface area (Å²) in [4.78, 5) is 0. The van der Waals surface area contributed by atoms with Gasteiger partial charge in [0.15, 0.2) is 0 Å². The average molecular weight is 480 g/mol. The number of halogens is 2. The number of allylic oxidation sites excluding steroid dienone is 4. The molecule has 0 aromatic heterocycles. The Balaban J connectivity index is 0.00000121. The molecule has 0 N–H and O–H groups in total. The molecule has 0 saturated heterocycles. The van der Waals surface area contributed by atoms with Gasteiger partial charge in [0.05, 0.1) is 0 Å². The summed E-state index contributed by atoms with van der Waals surface area (Å²) in [5.41, 5.74) is 12.3. The predicted molar refractivity (Wildman–Crippen MR) is 117 cm³/mol. The zero-order valence-electron chi connectivity index (χ0n) is 15.8. The first-order valence-corrected chi connectivity index (χ1v) is 16.2. The summed E-state index contributed by atoms with van der Waals surface area (Å²) in [6, 6.07) is 13.9. The molecule has 0 atom stereocenters. The Bertz CT molecular complexity index is 951. The first-order chi connectivity index (χ1) is 11.6. The Morgan fingerprint density at radius 1 is 0.885 bits per heavy atom. The minimum absolute atomic E-state index is 0. The summed E-state index contributed by atoms with van der Waals surface area (Å²) in [6.07, 6.45) is 4.69. The Hall–Kier alpha value is -0.400. The zero-order chi connectivity index (χ0) is 16.8. The van der Waals surface area contributed by atoms with E-state index in [1.54, 1.807) is 16.7 Å². The van der Waals surface area contributed by atoms with Crippen LogP contribution >= 0.6 is 24.8 Å². The van der Waals surface area contributed by atoms with E-state index < -0.39 is 21.9 Å². The van der Waals surface area contributed by atoms with Gasteiger partial charge in [-0.05, 0) is 0 Å². The predicted octanol–water partition coefficient (Wildman–Crippen LogP) is 6.18. The monoisotopic (exact) mass is 477 g/mol. The van der Waals surface area contributed by atoms with Crippen LogP contribution in [0.5, 0.6) is 0 Å². The van der Waals surface area contributed by atoms with E-state index in [2.05, 4.69) is 69.4 Å². The van der Waals surface area contributed by atoms with Gasteiger partial charge in [-0.15, -0.1) is 24.8 Å². The van der Waals surface area contributed by atoms with Crippen LogP contribution in [-0.4, -0.2) is 5.43 Å². The van der Waals surface area contributed by atoms with E-state index in [1.807, 2.05) is 3.27 Å². The second-order valence-electron chi connectivity index (χ2n) is 7.17. The number of benzene rings is 2. The summed E-state index contributed by atoms with van der Waals surface area (Å²) >= 11 is -0.493. The minimum atomic E-state index is -0.493. The maximum Gasteiger partial charge on any atom is -0.147 e. The van der Waals surface area contributed by atoms with Gasteiger partial charge in [0.2, 0.25) is 0 Å². The maximum atomic E-state index is 2.52. The van der Waals surface area contributed by atoms with Gasteiger partial charge in [-0.1, -0.05) is 0 Å². The van der Waals surface area contributed by atoms with Crippen molar-refractivity contribution in [3.8, 4) is 11.1 Å². The molecule has 26 heavy (non-hydrogen) atoms. The molecule has 0 aliphatic heterocycles. The molecule has 0 nitrogen and oxygen atoms in total. The van der Waals surface area contributed by atoms with Crippen molar-refractivity contribution < 1.29 is 21.9 Å². The normalized spacial score (nSPS) is 13.9. The van der Waals surface area contributed by atoms with Crippen LogP contribution in [0.1, 0.15) is 37.0 Å². The Morgan fingerprint density at radius 2 is 1.58 bits per heavy atom. The molecule has 2 aliphatic carbocycles. The SMILES string of the molecule is CC1=CCC(c2ccc3c([c]2[Zr]=[Si](C)C)Cc2ccccc2-3)=C1C.Cl.Cl. The van der Waals surface area contributed by atoms with Gasteiger partial charge in [-0.2, -0.15) is 0 Å². The van der Waals surface area contributed by atoms with Gasteiger partial charge >= 0.3 is 157 Å². The van der Waals surface area contributed by atoms with Gasteiger partial charge in [0, 0.05) is 0 Å². The molecule has 135 valence electrons. The van der Waals surface area contributed by atoms with E-state index in [0.29, 0.717) is 0 Å². The molecule has 0 radical (unpaired) electrons. The molecule has 0 spiro atoms. The van der Waals surface area contributed by atoms with Crippen molar-refractivity contribution in [2.75, 3.05) is 0 Å².